The number of hydrazone groups is 1. The number of hydrogen-bond acceptors (Lipinski definition) is 4. The highest BCUT2D eigenvalue weighted by atomic mass is 16.2. The number of fused-ring (bicyclic) bond motifs is 1. The molecule has 1 aromatic heterocycles. The van der Waals surface area contributed by atoms with Crippen molar-refractivity contribution in [1.82, 2.24) is 4.98 Å². The first kappa shape index (κ1) is 14.7. The van der Waals surface area contributed by atoms with Crippen LogP contribution in [0, 0.1) is 28.6 Å². The van der Waals surface area contributed by atoms with Crippen molar-refractivity contribution in [3.8, 4) is 6.07 Å². The normalized spacial score (nSPS) is 24.7. The van der Waals surface area contributed by atoms with Crippen molar-refractivity contribution < 1.29 is 4.79 Å². The Balaban J connectivity index is 1.86. The SMILES string of the molecule is CC(C)(C)C1CCC2=NN(c3cc(C#N)ccn3)C(=O)C2C1. The molecule has 114 valence electrons. The van der Waals surface area contributed by atoms with Crippen molar-refractivity contribution in [2.24, 2.45) is 22.4 Å². The summed E-state index contributed by atoms with van der Waals surface area (Å²) in [5, 5.41) is 14.8. The predicted molar refractivity (Wildman–Crippen MR) is 84.2 cm³/mol. The highest BCUT2D eigenvalue weighted by molar-refractivity contribution is 6.15. The molecule has 5 nitrogen and oxygen atoms in total. The number of anilines is 1. The summed E-state index contributed by atoms with van der Waals surface area (Å²) in [6.07, 6.45) is 4.34. The second kappa shape index (κ2) is 5.20. The first-order valence-electron chi connectivity index (χ1n) is 7.67. The molecule has 0 saturated heterocycles. The number of amides is 1. The van der Waals surface area contributed by atoms with Crippen LogP contribution in [0.3, 0.4) is 0 Å². The Hall–Kier alpha value is -2.22. The number of nitrogens with zero attached hydrogens (tertiary/aromatic N) is 4. The second-order valence-corrected chi connectivity index (χ2v) is 7.15. The third-order valence-corrected chi connectivity index (χ3v) is 4.72. The zero-order chi connectivity index (χ0) is 15.9. The van der Waals surface area contributed by atoms with Gasteiger partial charge in [0.1, 0.15) is 0 Å². The average molecular weight is 296 g/mol. The average Bonchev–Trinajstić information content (AvgIpc) is 2.83. The largest absolute Gasteiger partial charge is 0.272 e. The summed E-state index contributed by atoms with van der Waals surface area (Å²) < 4.78 is 0. The highest BCUT2D eigenvalue weighted by Crippen LogP contribution is 2.42. The van der Waals surface area contributed by atoms with Crippen LogP contribution in [0.1, 0.15) is 45.6 Å². The van der Waals surface area contributed by atoms with Crippen LogP contribution in [-0.4, -0.2) is 16.6 Å². The zero-order valence-electron chi connectivity index (χ0n) is 13.2. The van der Waals surface area contributed by atoms with Crippen LogP contribution in [0.2, 0.25) is 0 Å². The van der Waals surface area contributed by atoms with Crippen LogP contribution in [0.15, 0.2) is 23.4 Å². The van der Waals surface area contributed by atoms with Gasteiger partial charge in [0.25, 0.3) is 5.91 Å². The number of aromatic nitrogens is 1. The quantitative estimate of drug-likeness (QED) is 0.799. The first-order valence-corrected chi connectivity index (χ1v) is 7.67. The maximum Gasteiger partial charge on any atom is 0.257 e. The topological polar surface area (TPSA) is 69.3 Å². The Morgan fingerprint density at radius 2 is 2.18 bits per heavy atom. The lowest BCUT2D eigenvalue weighted by Crippen LogP contribution is -2.35. The van der Waals surface area contributed by atoms with Gasteiger partial charge >= 0.3 is 0 Å². The molecule has 1 aromatic rings. The van der Waals surface area contributed by atoms with Gasteiger partial charge in [0.2, 0.25) is 0 Å². The summed E-state index contributed by atoms with van der Waals surface area (Å²) in [4.78, 5) is 16.9. The fourth-order valence-electron chi connectivity index (χ4n) is 3.28. The van der Waals surface area contributed by atoms with Gasteiger partial charge in [-0.3, -0.25) is 4.79 Å². The number of pyridine rings is 1. The maximum atomic E-state index is 12.7. The lowest BCUT2D eigenvalue weighted by atomic mass is 9.68. The Morgan fingerprint density at radius 3 is 2.86 bits per heavy atom. The van der Waals surface area contributed by atoms with E-state index >= 15 is 0 Å². The fourth-order valence-corrected chi connectivity index (χ4v) is 3.28. The first-order chi connectivity index (χ1) is 10.4. The van der Waals surface area contributed by atoms with E-state index in [2.05, 4.69) is 36.9 Å². The van der Waals surface area contributed by atoms with E-state index in [-0.39, 0.29) is 17.2 Å². The van der Waals surface area contributed by atoms with Crippen molar-refractivity contribution in [2.45, 2.75) is 40.0 Å². The van der Waals surface area contributed by atoms with Gasteiger partial charge in [0.15, 0.2) is 5.82 Å². The third kappa shape index (κ3) is 2.50. The molecule has 1 aliphatic carbocycles. The summed E-state index contributed by atoms with van der Waals surface area (Å²) >= 11 is 0. The van der Waals surface area contributed by atoms with Gasteiger partial charge in [-0.25, -0.2) is 4.98 Å². The van der Waals surface area contributed by atoms with E-state index in [0.29, 0.717) is 17.3 Å². The summed E-state index contributed by atoms with van der Waals surface area (Å²) in [7, 11) is 0. The third-order valence-electron chi connectivity index (χ3n) is 4.72. The lowest BCUT2D eigenvalue weighted by Gasteiger charge is -2.35. The zero-order valence-corrected chi connectivity index (χ0v) is 13.2. The molecule has 22 heavy (non-hydrogen) atoms. The van der Waals surface area contributed by atoms with Crippen LogP contribution in [0.4, 0.5) is 5.82 Å². The molecule has 2 atom stereocenters. The molecule has 1 aliphatic heterocycles. The smallest absolute Gasteiger partial charge is 0.257 e. The van der Waals surface area contributed by atoms with E-state index < -0.39 is 0 Å². The van der Waals surface area contributed by atoms with Crippen molar-refractivity contribution in [2.75, 3.05) is 5.01 Å². The number of carbonyl (C=O) groups excluding carboxylic acids is 1. The predicted octanol–water partition coefficient (Wildman–Crippen LogP) is 3.12. The minimum atomic E-state index is -0.120. The highest BCUT2D eigenvalue weighted by Gasteiger charge is 2.43. The minimum absolute atomic E-state index is 0.00783. The Labute approximate surface area is 130 Å². The molecule has 0 aromatic carbocycles. The molecule has 2 unspecified atom stereocenters. The van der Waals surface area contributed by atoms with Crippen LogP contribution < -0.4 is 5.01 Å². The molecule has 3 rings (SSSR count). The van der Waals surface area contributed by atoms with E-state index in [1.165, 1.54) is 5.01 Å². The maximum absolute atomic E-state index is 12.7. The summed E-state index contributed by atoms with van der Waals surface area (Å²) in [6.45, 7) is 6.69. The van der Waals surface area contributed by atoms with E-state index in [1.807, 2.05) is 0 Å². The van der Waals surface area contributed by atoms with Crippen LogP contribution in [-0.2, 0) is 4.79 Å². The molecule has 0 bridgehead atoms. The van der Waals surface area contributed by atoms with Crippen molar-refractivity contribution in [3.63, 3.8) is 0 Å². The Kier molecular flexibility index (Phi) is 3.48. The Bertz CT molecular complexity index is 681. The standard InChI is InChI=1S/C17H20N4O/c1-17(2,3)12-4-5-14-13(9-12)16(22)21(20-14)15-8-11(10-18)6-7-19-15/h6-8,12-13H,4-5,9H2,1-3H3. The van der Waals surface area contributed by atoms with Gasteiger partial charge in [-0.15, -0.1) is 0 Å². The molecule has 2 heterocycles. The van der Waals surface area contributed by atoms with Gasteiger partial charge in [-0.2, -0.15) is 15.4 Å². The molecular weight excluding hydrogens is 276 g/mol. The van der Waals surface area contributed by atoms with Crippen molar-refractivity contribution >= 4 is 17.4 Å². The van der Waals surface area contributed by atoms with Crippen molar-refractivity contribution in [1.29, 1.82) is 5.26 Å². The molecule has 5 heteroatoms. The van der Waals surface area contributed by atoms with Crippen molar-refractivity contribution in [3.05, 3.63) is 23.9 Å². The van der Waals surface area contributed by atoms with Crippen LogP contribution in [0.5, 0.6) is 0 Å². The number of hydrogen-bond donors (Lipinski definition) is 0. The lowest BCUT2D eigenvalue weighted by molar-refractivity contribution is -0.120. The van der Waals surface area contributed by atoms with Gasteiger partial charge in [0, 0.05) is 12.3 Å². The van der Waals surface area contributed by atoms with Crippen LogP contribution in [0.25, 0.3) is 0 Å². The molecule has 1 amide bonds. The van der Waals surface area contributed by atoms with E-state index in [1.54, 1.807) is 18.3 Å². The summed E-state index contributed by atoms with van der Waals surface area (Å²) in [6, 6.07) is 5.31. The van der Waals surface area contributed by atoms with E-state index in [4.69, 9.17) is 5.26 Å². The molecular formula is C17H20N4O. The van der Waals surface area contributed by atoms with Gasteiger partial charge in [-0.1, -0.05) is 20.8 Å². The molecule has 1 fully saturated rings. The van der Waals surface area contributed by atoms with Gasteiger partial charge in [0.05, 0.1) is 23.3 Å². The van der Waals surface area contributed by atoms with E-state index in [0.717, 1.165) is 25.0 Å². The molecule has 0 spiro atoms. The fraction of sp³-hybridized carbons (Fsp3) is 0.529. The monoisotopic (exact) mass is 296 g/mol. The number of rotatable bonds is 1. The van der Waals surface area contributed by atoms with Crippen LogP contribution >= 0.6 is 0 Å². The molecule has 2 aliphatic rings. The molecule has 0 N–H and O–H groups in total. The van der Waals surface area contributed by atoms with E-state index in [9.17, 15) is 4.79 Å². The van der Waals surface area contributed by atoms with Gasteiger partial charge in [-0.05, 0) is 36.7 Å². The summed E-state index contributed by atoms with van der Waals surface area (Å²) in [5.41, 5.74) is 1.66. The molecule has 1 saturated carbocycles. The number of carbonyl (C=O) groups is 1. The minimum Gasteiger partial charge on any atom is -0.272 e. The molecule has 0 radical (unpaired) electrons. The number of nitriles is 1. The second-order valence-electron chi connectivity index (χ2n) is 7.15. The summed E-state index contributed by atoms with van der Waals surface area (Å²) in [5.74, 6) is 0.842. The Morgan fingerprint density at radius 1 is 1.41 bits per heavy atom. The van der Waals surface area contributed by atoms with Gasteiger partial charge < -0.3 is 0 Å².